The topological polar surface area (TPSA) is 73.0 Å². The number of hydrogen-bond acceptors (Lipinski definition) is 4. The van der Waals surface area contributed by atoms with E-state index in [-0.39, 0.29) is 36.2 Å². The van der Waals surface area contributed by atoms with Crippen LogP contribution in [0.1, 0.15) is 63.5 Å². The van der Waals surface area contributed by atoms with Crippen molar-refractivity contribution in [1.82, 2.24) is 15.1 Å². The molecule has 37 heavy (non-hydrogen) atoms. The minimum absolute atomic E-state index is 0.0105. The van der Waals surface area contributed by atoms with E-state index in [1.807, 2.05) is 72.5 Å². The summed E-state index contributed by atoms with van der Waals surface area (Å²) in [6.07, 6.45) is 6.62. The van der Waals surface area contributed by atoms with Gasteiger partial charge in [0, 0.05) is 24.7 Å². The minimum Gasteiger partial charge on any atom is -0.348 e. The Balaban J connectivity index is 1.29. The van der Waals surface area contributed by atoms with Gasteiger partial charge in [0.15, 0.2) is 0 Å². The molecule has 2 aliphatic heterocycles. The van der Waals surface area contributed by atoms with Crippen LogP contribution in [0.3, 0.4) is 0 Å². The first-order valence-corrected chi connectivity index (χ1v) is 13.7. The van der Waals surface area contributed by atoms with Gasteiger partial charge >= 0.3 is 0 Å². The molecule has 5 rings (SSSR count). The van der Waals surface area contributed by atoms with Crippen molar-refractivity contribution in [2.75, 3.05) is 31.2 Å². The zero-order chi connectivity index (χ0) is 25.8. The fourth-order valence-corrected chi connectivity index (χ4v) is 6.31. The molecule has 7 nitrogen and oxygen atoms in total. The first kappa shape index (κ1) is 25.3. The van der Waals surface area contributed by atoms with Crippen molar-refractivity contribution >= 4 is 23.4 Å². The zero-order valence-corrected chi connectivity index (χ0v) is 21.8. The number of anilines is 1. The van der Waals surface area contributed by atoms with E-state index < -0.39 is 5.54 Å². The first-order valence-electron chi connectivity index (χ1n) is 13.7. The summed E-state index contributed by atoms with van der Waals surface area (Å²) in [6.45, 7) is 3.50. The van der Waals surface area contributed by atoms with E-state index >= 15 is 0 Å². The predicted molar refractivity (Wildman–Crippen MR) is 144 cm³/mol. The standard InChI is InChI=1S/C30H38N4O3/c1-23(24-11-5-2-6-12-24)31-27(35)21-33-22-34(26-15-9-4-10-16-26)30(29(33)37)17-19-32(20-18-30)28(36)25-13-7-3-8-14-25/h2,4-6,9-12,15-16,23,25H,3,7-8,13-14,17-22H2,1H3,(H,31,35). The van der Waals surface area contributed by atoms with Gasteiger partial charge in [0.05, 0.1) is 12.7 Å². The molecule has 2 aromatic carbocycles. The van der Waals surface area contributed by atoms with E-state index in [1.165, 1.54) is 6.42 Å². The highest BCUT2D eigenvalue weighted by Gasteiger charge is 2.54. The minimum atomic E-state index is -0.726. The molecule has 1 aliphatic carbocycles. The highest BCUT2D eigenvalue weighted by atomic mass is 16.2. The molecule has 1 spiro atoms. The van der Waals surface area contributed by atoms with Gasteiger partial charge in [0.1, 0.15) is 12.1 Å². The van der Waals surface area contributed by atoms with Crippen molar-refractivity contribution in [1.29, 1.82) is 0 Å². The van der Waals surface area contributed by atoms with Gasteiger partial charge in [-0.15, -0.1) is 0 Å². The monoisotopic (exact) mass is 502 g/mol. The van der Waals surface area contributed by atoms with Crippen LogP contribution in [-0.4, -0.2) is 59.4 Å². The molecular weight excluding hydrogens is 464 g/mol. The van der Waals surface area contributed by atoms with Gasteiger partial charge < -0.3 is 20.0 Å². The molecular formula is C30H38N4O3. The highest BCUT2D eigenvalue weighted by Crippen LogP contribution is 2.40. The lowest BCUT2D eigenvalue weighted by atomic mass is 9.83. The van der Waals surface area contributed by atoms with Gasteiger partial charge in [-0.05, 0) is 50.3 Å². The summed E-state index contributed by atoms with van der Waals surface area (Å²) in [4.78, 5) is 45.9. The third-order valence-corrected chi connectivity index (χ3v) is 8.45. The Bertz CT molecular complexity index is 1090. The second-order valence-electron chi connectivity index (χ2n) is 10.8. The van der Waals surface area contributed by atoms with Crippen LogP contribution in [0.5, 0.6) is 0 Å². The average molecular weight is 503 g/mol. The Morgan fingerprint density at radius 1 is 0.946 bits per heavy atom. The van der Waals surface area contributed by atoms with Crippen molar-refractivity contribution in [3.05, 3.63) is 66.2 Å². The van der Waals surface area contributed by atoms with Crippen LogP contribution in [0.15, 0.2) is 60.7 Å². The van der Waals surface area contributed by atoms with Gasteiger partial charge in [-0.25, -0.2) is 0 Å². The van der Waals surface area contributed by atoms with E-state index in [2.05, 4.69) is 10.2 Å². The molecule has 2 aromatic rings. The summed E-state index contributed by atoms with van der Waals surface area (Å²) in [5, 5.41) is 3.04. The summed E-state index contributed by atoms with van der Waals surface area (Å²) >= 11 is 0. The number of hydrogen-bond donors (Lipinski definition) is 1. The third-order valence-electron chi connectivity index (χ3n) is 8.45. The summed E-state index contributed by atoms with van der Waals surface area (Å²) in [7, 11) is 0. The van der Waals surface area contributed by atoms with Crippen LogP contribution in [-0.2, 0) is 14.4 Å². The molecule has 3 aliphatic rings. The van der Waals surface area contributed by atoms with Crippen molar-refractivity contribution in [3.8, 4) is 0 Å². The second kappa shape index (κ2) is 11.0. The molecule has 2 heterocycles. The quantitative estimate of drug-likeness (QED) is 0.645. The van der Waals surface area contributed by atoms with E-state index in [0.717, 1.165) is 36.9 Å². The number of likely N-dealkylation sites (tertiary alicyclic amines) is 1. The Morgan fingerprint density at radius 3 is 2.22 bits per heavy atom. The van der Waals surface area contributed by atoms with Gasteiger partial charge in [0.25, 0.3) is 5.91 Å². The van der Waals surface area contributed by atoms with Crippen LogP contribution < -0.4 is 10.2 Å². The van der Waals surface area contributed by atoms with Crippen LogP contribution >= 0.6 is 0 Å². The summed E-state index contributed by atoms with van der Waals surface area (Å²) < 4.78 is 0. The SMILES string of the molecule is CC(NC(=O)CN1CN(c2ccccc2)C2(CCN(C(=O)C3CCCCC3)CC2)C1=O)c1ccccc1. The number of carbonyl (C=O) groups excluding carboxylic acids is 3. The Kier molecular flexibility index (Phi) is 7.49. The van der Waals surface area contributed by atoms with E-state index in [0.29, 0.717) is 32.6 Å². The van der Waals surface area contributed by atoms with E-state index in [1.54, 1.807) is 4.90 Å². The second-order valence-corrected chi connectivity index (χ2v) is 10.8. The molecule has 1 saturated carbocycles. The lowest BCUT2D eigenvalue weighted by Gasteiger charge is -2.44. The summed E-state index contributed by atoms with van der Waals surface area (Å²) in [6, 6.07) is 19.7. The Morgan fingerprint density at radius 2 is 1.57 bits per heavy atom. The van der Waals surface area contributed by atoms with Crippen molar-refractivity contribution in [3.63, 3.8) is 0 Å². The molecule has 0 aromatic heterocycles. The highest BCUT2D eigenvalue weighted by molar-refractivity contribution is 5.96. The third kappa shape index (κ3) is 5.22. The number of amides is 3. The largest absolute Gasteiger partial charge is 0.348 e. The fourth-order valence-electron chi connectivity index (χ4n) is 6.31. The maximum Gasteiger partial charge on any atom is 0.250 e. The first-order chi connectivity index (χ1) is 18.0. The fraction of sp³-hybridized carbons (Fsp3) is 0.500. The molecule has 2 saturated heterocycles. The molecule has 1 atom stereocenters. The Labute approximate surface area is 219 Å². The van der Waals surface area contributed by atoms with Gasteiger partial charge in [0.2, 0.25) is 11.8 Å². The van der Waals surface area contributed by atoms with Crippen LogP contribution in [0.25, 0.3) is 0 Å². The van der Waals surface area contributed by atoms with Crippen LogP contribution in [0.4, 0.5) is 5.69 Å². The maximum atomic E-state index is 13.9. The lowest BCUT2D eigenvalue weighted by Crippen LogP contribution is -2.58. The molecule has 0 radical (unpaired) electrons. The number of nitrogens with zero attached hydrogens (tertiary/aromatic N) is 3. The smallest absolute Gasteiger partial charge is 0.250 e. The number of piperidine rings is 1. The number of rotatable bonds is 6. The lowest BCUT2D eigenvalue weighted by molar-refractivity contribution is -0.142. The molecule has 1 N–H and O–H groups in total. The summed E-state index contributed by atoms with van der Waals surface area (Å²) in [5.74, 6) is 0.222. The Hall–Kier alpha value is -3.35. The van der Waals surface area contributed by atoms with E-state index in [9.17, 15) is 14.4 Å². The van der Waals surface area contributed by atoms with Crippen molar-refractivity contribution in [2.45, 2.75) is 63.5 Å². The van der Waals surface area contributed by atoms with Crippen LogP contribution in [0, 0.1) is 5.92 Å². The zero-order valence-electron chi connectivity index (χ0n) is 21.8. The van der Waals surface area contributed by atoms with Crippen molar-refractivity contribution < 1.29 is 14.4 Å². The molecule has 0 bridgehead atoms. The van der Waals surface area contributed by atoms with Gasteiger partial charge in [-0.3, -0.25) is 14.4 Å². The van der Waals surface area contributed by atoms with Crippen LogP contribution in [0.2, 0.25) is 0 Å². The number of nitrogens with one attached hydrogen (secondary N) is 1. The van der Waals surface area contributed by atoms with E-state index in [4.69, 9.17) is 0 Å². The number of benzene rings is 2. The maximum absolute atomic E-state index is 13.9. The van der Waals surface area contributed by atoms with Gasteiger partial charge in [-0.2, -0.15) is 0 Å². The molecule has 3 fully saturated rings. The number of para-hydroxylation sites is 1. The normalized spacial score (nSPS) is 20.8. The summed E-state index contributed by atoms with van der Waals surface area (Å²) in [5.41, 5.74) is 1.28. The molecule has 196 valence electrons. The molecule has 3 amide bonds. The number of carbonyl (C=O) groups is 3. The van der Waals surface area contributed by atoms with Crippen molar-refractivity contribution in [2.24, 2.45) is 5.92 Å². The van der Waals surface area contributed by atoms with Gasteiger partial charge in [-0.1, -0.05) is 67.8 Å². The molecule has 1 unspecified atom stereocenters. The predicted octanol–water partition coefficient (Wildman–Crippen LogP) is 4.11. The molecule has 7 heteroatoms. The average Bonchev–Trinajstić information content (AvgIpc) is 3.20.